The number of benzene rings is 2. The molecule has 0 fully saturated rings. The fourth-order valence-electron chi connectivity index (χ4n) is 2.71. The summed E-state index contributed by atoms with van der Waals surface area (Å²) in [6, 6.07) is 12.8. The van der Waals surface area contributed by atoms with Crippen molar-refractivity contribution in [3.63, 3.8) is 0 Å². The van der Waals surface area contributed by atoms with Crippen molar-refractivity contribution in [3.05, 3.63) is 76.2 Å². The molecule has 3 rings (SSSR count). The van der Waals surface area contributed by atoms with E-state index in [1.165, 1.54) is 24.3 Å². The Kier molecular flexibility index (Phi) is 5.88. The lowest BCUT2D eigenvalue weighted by Crippen LogP contribution is -2.28. The minimum absolute atomic E-state index is 0.172. The number of aromatic nitrogens is 2. The van der Waals surface area contributed by atoms with Crippen LogP contribution in [0.15, 0.2) is 64.3 Å². The number of carbonyl (C=O) groups excluding carboxylic acids is 2. The van der Waals surface area contributed by atoms with E-state index < -0.39 is 38.8 Å². The lowest BCUT2D eigenvalue weighted by Gasteiger charge is -2.10. The molecule has 0 radical (unpaired) electrons. The zero-order chi connectivity index (χ0) is 22.8. The van der Waals surface area contributed by atoms with Gasteiger partial charge in [0.1, 0.15) is 0 Å². The third-order valence-electron chi connectivity index (χ3n) is 4.07. The molecule has 0 aliphatic carbocycles. The van der Waals surface area contributed by atoms with Crippen LogP contribution in [0.1, 0.15) is 23.0 Å². The fraction of sp³-hybridized carbons (Fsp3) is 0.100. The minimum Gasteiger partial charge on any atom is -0.505 e. The molecule has 31 heavy (non-hydrogen) atoms. The summed E-state index contributed by atoms with van der Waals surface area (Å²) in [5.41, 5.74) is 0.496. The van der Waals surface area contributed by atoms with E-state index in [2.05, 4.69) is 10.4 Å². The van der Waals surface area contributed by atoms with Crippen LogP contribution in [0.25, 0.3) is 5.69 Å². The van der Waals surface area contributed by atoms with Crippen LogP contribution < -0.4 is 15.6 Å². The van der Waals surface area contributed by atoms with Gasteiger partial charge in [-0.1, -0.05) is 12.1 Å². The van der Waals surface area contributed by atoms with Crippen molar-refractivity contribution in [3.8, 4) is 11.4 Å². The predicted octanol–water partition coefficient (Wildman–Crippen LogP) is 1.32. The molecule has 160 valence electrons. The molecular formula is C20H18N4O6S. The van der Waals surface area contributed by atoms with E-state index in [9.17, 15) is 27.9 Å². The van der Waals surface area contributed by atoms with Gasteiger partial charge in [-0.2, -0.15) is 9.78 Å². The summed E-state index contributed by atoms with van der Waals surface area (Å²) in [7, 11) is -4.01. The van der Waals surface area contributed by atoms with Gasteiger partial charge >= 0.3 is 0 Å². The third-order valence-corrected chi connectivity index (χ3v) is 5.52. The molecule has 0 bridgehead atoms. The summed E-state index contributed by atoms with van der Waals surface area (Å²) in [6.45, 7) is 2.90. The lowest BCUT2D eigenvalue weighted by atomic mass is 10.2. The van der Waals surface area contributed by atoms with Crippen molar-refractivity contribution < 1.29 is 23.1 Å². The summed E-state index contributed by atoms with van der Waals surface area (Å²) in [5.74, 6) is -2.14. The lowest BCUT2D eigenvalue weighted by molar-refractivity contribution is -0.117. The number of aromatic hydroxyl groups is 1. The van der Waals surface area contributed by atoms with Crippen LogP contribution in [0.3, 0.4) is 0 Å². The molecule has 3 aromatic rings. The van der Waals surface area contributed by atoms with E-state index in [1.807, 2.05) is 17.7 Å². The smallest absolute Gasteiger partial charge is 0.279 e. The first-order valence-electron chi connectivity index (χ1n) is 8.92. The SMILES string of the molecule is CC(=O)NS(=O)(=O)c1ccc(NC(=O)c2nn(-c3cccc(C)c3)c(=O)cc2O)cc1. The zero-order valence-corrected chi connectivity index (χ0v) is 17.3. The van der Waals surface area contributed by atoms with Crippen LogP contribution in [0.2, 0.25) is 0 Å². The Morgan fingerprint density at radius 1 is 1.06 bits per heavy atom. The average Bonchev–Trinajstić information content (AvgIpc) is 2.67. The number of rotatable bonds is 5. The topological polar surface area (TPSA) is 147 Å². The van der Waals surface area contributed by atoms with Crippen LogP contribution in [-0.4, -0.2) is 35.1 Å². The molecule has 10 nitrogen and oxygen atoms in total. The van der Waals surface area contributed by atoms with Crippen molar-refractivity contribution in [2.24, 2.45) is 0 Å². The maximum absolute atomic E-state index is 12.6. The molecule has 0 aliphatic heterocycles. The highest BCUT2D eigenvalue weighted by Gasteiger charge is 2.19. The van der Waals surface area contributed by atoms with E-state index in [0.29, 0.717) is 5.69 Å². The summed E-state index contributed by atoms with van der Waals surface area (Å²) in [6.07, 6.45) is 0. The fourth-order valence-corrected chi connectivity index (χ4v) is 3.70. The van der Waals surface area contributed by atoms with Gasteiger partial charge in [0.15, 0.2) is 11.4 Å². The Morgan fingerprint density at radius 2 is 1.74 bits per heavy atom. The Hall–Kier alpha value is -3.99. The van der Waals surface area contributed by atoms with Crippen LogP contribution in [0.5, 0.6) is 5.75 Å². The second kappa shape index (κ2) is 8.40. The molecule has 0 saturated heterocycles. The van der Waals surface area contributed by atoms with Crippen molar-refractivity contribution >= 4 is 27.5 Å². The van der Waals surface area contributed by atoms with E-state index in [4.69, 9.17) is 0 Å². The first-order valence-corrected chi connectivity index (χ1v) is 10.4. The molecule has 0 unspecified atom stereocenters. The van der Waals surface area contributed by atoms with Gasteiger partial charge < -0.3 is 10.4 Å². The summed E-state index contributed by atoms with van der Waals surface area (Å²) in [5, 5.41) is 16.5. The van der Waals surface area contributed by atoms with Gasteiger partial charge in [0.05, 0.1) is 10.6 Å². The molecule has 0 saturated carbocycles. The van der Waals surface area contributed by atoms with Gasteiger partial charge in [0, 0.05) is 18.7 Å². The Morgan fingerprint density at radius 3 is 2.35 bits per heavy atom. The van der Waals surface area contributed by atoms with Crippen molar-refractivity contribution in [1.29, 1.82) is 0 Å². The molecule has 3 N–H and O–H groups in total. The highest BCUT2D eigenvalue weighted by atomic mass is 32.2. The van der Waals surface area contributed by atoms with E-state index in [0.717, 1.165) is 23.2 Å². The average molecular weight is 442 g/mol. The summed E-state index contributed by atoms with van der Waals surface area (Å²) in [4.78, 5) is 35.6. The van der Waals surface area contributed by atoms with Gasteiger partial charge in [-0.15, -0.1) is 0 Å². The van der Waals surface area contributed by atoms with E-state index in [1.54, 1.807) is 18.2 Å². The first-order chi connectivity index (χ1) is 14.6. The van der Waals surface area contributed by atoms with Gasteiger partial charge in [-0.25, -0.2) is 13.1 Å². The number of amides is 2. The Labute approximate surface area is 177 Å². The molecule has 11 heteroatoms. The molecule has 1 aromatic heterocycles. The van der Waals surface area contributed by atoms with E-state index in [-0.39, 0.29) is 10.6 Å². The van der Waals surface area contributed by atoms with Crippen molar-refractivity contribution in [2.45, 2.75) is 18.7 Å². The number of aryl methyl sites for hydroxylation is 1. The second-order valence-electron chi connectivity index (χ2n) is 6.61. The van der Waals surface area contributed by atoms with Crippen LogP contribution >= 0.6 is 0 Å². The molecule has 0 atom stereocenters. The number of sulfonamides is 1. The quantitative estimate of drug-likeness (QED) is 0.540. The molecule has 0 spiro atoms. The molecule has 2 aromatic carbocycles. The molecule has 1 heterocycles. The summed E-state index contributed by atoms with van der Waals surface area (Å²) < 4.78 is 26.8. The molecule has 0 aliphatic rings. The molecular weight excluding hydrogens is 424 g/mol. The first kappa shape index (κ1) is 21.7. The predicted molar refractivity (Wildman–Crippen MR) is 112 cm³/mol. The Bertz CT molecular complexity index is 1330. The standard InChI is InChI=1S/C20H18N4O6S/c1-12-4-3-5-15(10-12)24-18(27)11-17(26)19(22-24)20(28)21-14-6-8-16(9-7-14)31(29,30)23-13(2)25/h3-11,26H,1-2H3,(H,21,28)(H,23,25). The van der Waals surface area contributed by atoms with Crippen molar-refractivity contribution in [1.82, 2.24) is 14.5 Å². The zero-order valence-electron chi connectivity index (χ0n) is 16.5. The van der Waals surface area contributed by atoms with Gasteiger partial charge in [-0.05, 0) is 48.9 Å². The normalized spacial score (nSPS) is 11.0. The number of nitrogens with one attached hydrogen (secondary N) is 2. The third kappa shape index (κ3) is 4.95. The van der Waals surface area contributed by atoms with Gasteiger partial charge in [-0.3, -0.25) is 14.4 Å². The van der Waals surface area contributed by atoms with Gasteiger partial charge in [0.2, 0.25) is 5.91 Å². The monoisotopic (exact) mass is 442 g/mol. The number of hydrogen-bond donors (Lipinski definition) is 3. The number of carbonyl (C=O) groups is 2. The number of hydrogen-bond acceptors (Lipinski definition) is 7. The van der Waals surface area contributed by atoms with Crippen LogP contribution in [0, 0.1) is 6.92 Å². The van der Waals surface area contributed by atoms with Crippen LogP contribution in [-0.2, 0) is 14.8 Å². The number of nitrogens with zero attached hydrogens (tertiary/aromatic N) is 2. The highest BCUT2D eigenvalue weighted by Crippen LogP contribution is 2.18. The van der Waals surface area contributed by atoms with Crippen LogP contribution in [0.4, 0.5) is 5.69 Å². The minimum atomic E-state index is -4.01. The maximum Gasteiger partial charge on any atom is 0.279 e. The summed E-state index contributed by atoms with van der Waals surface area (Å²) >= 11 is 0. The largest absolute Gasteiger partial charge is 0.505 e. The maximum atomic E-state index is 12.6. The Balaban J connectivity index is 1.88. The highest BCUT2D eigenvalue weighted by molar-refractivity contribution is 7.90. The number of anilines is 1. The van der Waals surface area contributed by atoms with E-state index >= 15 is 0 Å². The second-order valence-corrected chi connectivity index (χ2v) is 8.29. The van der Waals surface area contributed by atoms with Crippen molar-refractivity contribution in [2.75, 3.05) is 5.32 Å². The van der Waals surface area contributed by atoms with Gasteiger partial charge in [0.25, 0.3) is 21.5 Å². The molecule has 2 amide bonds.